The topological polar surface area (TPSA) is 113 Å². The van der Waals surface area contributed by atoms with Crippen LogP contribution in [-0.2, 0) is 20.5 Å². The van der Waals surface area contributed by atoms with Gasteiger partial charge in [-0.05, 0) is 47.9 Å². The predicted octanol–water partition coefficient (Wildman–Crippen LogP) is 4.74. The van der Waals surface area contributed by atoms with Crippen LogP contribution >= 0.6 is 30.8 Å². The highest BCUT2D eigenvalue weighted by Gasteiger charge is 2.18. The fraction of sp³-hybridized carbons (Fsp3) is 0.118. The molecule has 10 heteroatoms. The summed E-state index contributed by atoms with van der Waals surface area (Å²) in [6.07, 6.45) is 1.57. The number of carboxylic acid groups (broad SMARTS) is 1. The van der Waals surface area contributed by atoms with Gasteiger partial charge in [0, 0.05) is 5.82 Å². The normalized spacial score (nSPS) is 13.6. The Balaban J connectivity index is 1.93. The average molecular weight is 433 g/mol. The van der Waals surface area contributed by atoms with Gasteiger partial charge in [0.05, 0.1) is 22.2 Å². The Hall–Kier alpha value is -1.86. The van der Waals surface area contributed by atoms with Crippen molar-refractivity contribution in [3.8, 4) is 5.75 Å². The number of rotatable bonds is 8. The Morgan fingerprint density at radius 1 is 1.19 bits per heavy atom. The van der Waals surface area contributed by atoms with Gasteiger partial charge in [0.2, 0.25) is 0 Å². The number of halogens is 2. The Kier molecular flexibility index (Phi) is 7.44. The molecule has 1 unspecified atom stereocenters. The van der Waals surface area contributed by atoms with Crippen molar-refractivity contribution in [2.75, 3.05) is 6.61 Å². The highest BCUT2D eigenvalue weighted by molar-refractivity contribution is 7.56. The fourth-order valence-corrected chi connectivity index (χ4v) is 3.38. The number of phenolic OH excluding ortho intramolecular Hbond substituents is 1. The molecule has 0 saturated carbocycles. The number of aromatic carboxylic acids is 1. The van der Waals surface area contributed by atoms with Crippen LogP contribution in [0, 0.1) is 0 Å². The van der Waals surface area contributed by atoms with E-state index in [1.807, 2.05) is 0 Å². The molecule has 0 spiro atoms. The van der Waals surface area contributed by atoms with Crippen molar-refractivity contribution in [2.24, 2.45) is 0 Å². The van der Waals surface area contributed by atoms with Crippen molar-refractivity contribution in [1.29, 1.82) is 0 Å². The smallest absolute Gasteiger partial charge is 0.378 e. The summed E-state index contributed by atoms with van der Waals surface area (Å²) in [5.74, 6) is -0.309. The third-order valence-electron chi connectivity index (χ3n) is 3.28. The van der Waals surface area contributed by atoms with Gasteiger partial charge < -0.3 is 15.1 Å². The van der Waals surface area contributed by atoms with Crippen molar-refractivity contribution in [1.82, 2.24) is 0 Å². The van der Waals surface area contributed by atoms with Crippen molar-refractivity contribution >= 4 is 42.8 Å². The van der Waals surface area contributed by atoms with Crippen LogP contribution in [0.25, 0.3) is 6.08 Å². The molecule has 3 N–H and O–H groups in total. The van der Waals surface area contributed by atoms with E-state index in [1.54, 1.807) is 12.1 Å². The van der Waals surface area contributed by atoms with Crippen LogP contribution in [-0.4, -0.2) is 27.7 Å². The summed E-state index contributed by atoms with van der Waals surface area (Å²) in [5.41, 5.74) is 0.826. The number of phenols is 1. The second-order valence-electron chi connectivity index (χ2n) is 5.36. The van der Waals surface area contributed by atoms with E-state index in [2.05, 4.69) is 4.67 Å². The summed E-state index contributed by atoms with van der Waals surface area (Å²) in [4.78, 5) is 25.5. The monoisotopic (exact) mass is 432 g/mol. The second-order valence-corrected chi connectivity index (χ2v) is 7.75. The predicted molar refractivity (Wildman–Crippen MR) is 101 cm³/mol. The minimum Gasteiger partial charge on any atom is -0.508 e. The van der Waals surface area contributed by atoms with Crippen LogP contribution in [0.5, 0.6) is 5.75 Å². The zero-order chi connectivity index (χ0) is 20.0. The van der Waals surface area contributed by atoms with Gasteiger partial charge in [-0.15, -0.1) is 4.67 Å². The van der Waals surface area contributed by atoms with Crippen molar-refractivity contribution in [3.05, 3.63) is 69.0 Å². The third kappa shape index (κ3) is 6.66. The molecule has 0 radical (unpaired) electrons. The number of hydrogen-bond donors (Lipinski definition) is 3. The number of carboxylic acids is 1. The van der Waals surface area contributed by atoms with Crippen LogP contribution in [0.3, 0.4) is 0 Å². The lowest BCUT2D eigenvalue weighted by Gasteiger charge is -2.08. The van der Waals surface area contributed by atoms with Gasteiger partial charge in [0.15, 0.2) is 0 Å². The molecular formula is C17H15Cl2O7P. The maximum Gasteiger partial charge on any atom is 0.378 e. The summed E-state index contributed by atoms with van der Waals surface area (Å²) in [5, 5.41) is 18.1. The minimum absolute atomic E-state index is 0.00713. The molecular weight excluding hydrogens is 418 g/mol. The molecule has 0 aliphatic carbocycles. The molecule has 2 rings (SSSR count). The summed E-state index contributed by atoms with van der Waals surface area (Å²) >= 11 is 11.7. The van der Waals surface area contributed by atoms with Gasteiger partial charge in [-0.1, -0.05) is 35.3 Å². The molecule has 144 valence electrons. The Labute approximate surface area is 164 Å². The molecule has 0 amide bonds. The van der Waals surface area contributed by atoms with E-state index in [0.29, 0.717) is 12.0 Å². The standard InChI is InChI=1S/C17H15Cl2O7P/c18-14-9-12(10-15(19)16(14)17(21)22)5-7-27(23,24)26-25-6-4-11-2-1-3-13(20)8-11/h1-3,5,7-10,20H,4,6H2,(H,21,22)(H,23,24)/b7-5+. The van der Waals surface area contributed by atoms with E-state index in [0.717, 1.165) is 11.4 Å². The van der Waals surface area contributed by atoms with Crippen molar-refractivity contribution in [3.63, 3.8) is 0 Å². The average Bonchev–Trinajstić information content (AvgIpc) is 2.56. The molecule has 0 heterocycles. The highest BCUT2D eigenvalue weighted by Crippen LogP contribution is 2.44. The van der Waals surface area contributed by atoms with E-state index in [9.17, 15) is 19.4 Å². The number of carbonyl (C=O) groups is 1. The number of aromatic hydroxyl groups is 1. The molecule has 0 aliphatic heterocycles. The Morgan fingerprint density at radius 3 is 2.44 bits per heavy atom. The van der Waals surface area contributed by atoms with Gasteiger partial charge in [-0.2, -0.15) is 0 Å². The highest BCUT2D eigenvalue weighted by atomic mass is 35.5. The summed E-state index contributed by atoms with van der Waals surface area (Å²) in [7, 11) is -4.20. The van der Waals surface area contributed by atoms with E-state index < -0.39 is 13.6 Å². The molecule has 0 bridgehead atoms. The van der Waals surface area contributed by atoms with Gasteiger partial charge in [-0.3, -0.25) is 4.57 Å². The van der Waals surface area contributed by atoms with Crippen LogP contribution < -0.4 is 0 Å². The molecule has 2 aromatic carbocycles. The SMILES string of the molecule is O=C(O)c1c(Cl)cc(/C=C/P(=O)(O)OOCCc2cccc(O)c2)cc1Cl. The van der Waals surface area contributed by atoms with Gasteiger partial charge in [0.1, 0.15) is 5.75 Å². The minimum atomic E-state index is -4.20. The van der Waals surface area contributed by atoms with Crippen molar-refractivity contribution < 1.29 is 34.0 Å². The molecule has 7 nitrogen and oxygen atoms in total. The molecule has 0 aliphatic rings. The Morgan fingerprint density at radius 2 is 1.85 bits per heavy atom. The lowest BCUT2D eigenvalue weighted by atomic mass is 10.1. The molecule has 1 atom stereocenters. The molecule has 0 fully saturated rings. The lowest BCUT2D eigenvalue weighted by Crippen LogP contribution is -1.99. The van der Waals surface area contributed by atoms with Crippen LogP contribution in [0.1, 0.15) is 21.5 Å². The number of hydrogen-bond acceptors (Lipinski definition) is 5. The largest absolute Gasteiger partial charge is 0.508 e. The van der Waals surface area contributed by atoms with E-state index in [4.69, 9.17) is 33.2 Å². The van der Waals surface area contributed by atoms with E-state index in [-0.39, 0.29) is 28.0 Å². The third-order valence-corrected chi connectivity index (χ3v) is 4.72. The van der Waals surface area contributed by atoms with Gasteiger partial charge in [-0.25, -0.2) is 9.68 Å². The van der Waals surface area contributed by atoms with Gasteiger partial charge >= 0.3 is 13.6 Å². The second kappa shape index (κ2) is 9.37. The first-order valence-electron chi connectivity index (χ1n) is 7.51. The fourth-order valence-electron chi connectivity index (χ4n) is 2.08. The zero-order valence-electron chi connectivity index (χ0n) is 13.7. The molecule has 27 heavy (non-hydrogen) atoms. The summed E-state index contributed by atoms with van der Waals surface area (Å²) in [6.45, 7) is -0.00713. The van der Waals surface area contributed by atoms with Crippen LogP contribution in [0.4, 0.5) is 0 Å². The van der Waals surface area contributed by atoms with E-state index in [1.165, 1.54) is 30.3 Å². The first kappa shape index (κ1) is 21.4. The quantitative estimate of drug-likeness (QED) is 0.238. The molecule has 0 aromatic heterocycles. The van der Waals surface area contributed by atoms with Crippen LogP contribution in [0.15, 0.2) is 42.2 Å². The summed E-state index contributed by atoms with van der Waals surface area (Å²) < 4.78 is 16.4. The first-order valence-corrected chi connectivity index (χ1v) is 9.91. The van der Waals surface area contributed by atoms with Crippen LogP contribution in [0.2, 0.25) is 10.0 Å². The number of benzene rings is 2. The van der Waals surface area contributed by atoms with E-state index >= 15 is 0 Å². The van der Waals surface area contributed by atoms with Gasteiger partial charge in [0.25, 0.3) is 0 Å². The summed E-state index contributed by atoms with van der Waals surface area (Å²) in [6, 6.07) is 9.06. The maximum absolute atomic E-state index is 11.9. The zero-order valence-corrected chi connectivity index (χ0v) is 16.1. The molecule has 2 aromatic rings. The first-order chi connectivity index (χ1) is 12.7. The molecule has 0 saturated heterocycles. The lowest BCUT2D eigenvalue weighted by molar-refractivity contribution is -0.210. The maximum atomic E-state index is 11.9. The van der Waals surface area contributed by atoms with Crippen molar-refractivity contribution in [2.45, 2.75) is 6.42 Å². The Bertz CT molecular complexity index is 891.